The van der Waals surface area contributed by atoms with Crippen molar-refractivity contribution >= 4 is 17.4 Å². The maximum Gasteiger partial charge on any atom is 0.168 e. The first-order valence-electron chi connectivity index (χ1n) is 5.49. The van der Waals surface area contributed by atoms with Gasteiger partial charge in [-0.05, 0) is 24.1 Å². The van der Waals surface area contributed by atoms with Gasteiger partial charge in [0.05, 0.1) is 18.7 Å². The summed E-state index contributed by atoms with van der Waals surface area (Å²) in [6.07, 6.45) is 0. The van der Waals surface area contributed by atoms with Gasteiger partial charge < -0.3 is 9.84 Å². The van der Waals surface area contributed by atoms with Crippen molar-refractivity contribution in [1.29, 1.82) is 0 Å². The van der Waals surface area contributed by atoms with Gasteiger partial charge in [-0.15, -0.1) is 0 Å². The van der Waals surface area contributed by atoms with Gasteiger partial charge in [-0.2, -0.15) is 0 Å². The Bertz CT molecular complexity index is 402. The zero-order valence-corrected chi connectivity index (χ0v) is 11.0. The van der Waals surface area contributed by atoms with Crippen LogP contribution in [0.2, 0.25) is 5.02 Å². The molecule has 0 spiro atoms. The lowest BCUT2D eigenvalue weighted by atomic mass is 9.89. The highest BCUT2D eigenvalue weighted by molar-refractivity contribution is 6.32. The van der Waals surface area contributed by atoms with Crippen LogP contribution >= 0.6 is 11.6 Å². The van der Waals surface area contributed by atoms with Crippen LogP contribution in [0.4, 0.5) is 0 Å². The summed E-state index contributed by atoms with van der Waals surface area (Å²) >= 11 is 5.96. The molecule has 0 fully saturated rings. The summed E-state index contributed by atoms with van der Waals surface area (Å²) in [5.41, 5.74) is 0.503. The molecule has 1 aromatic carbocycles. The molecule has 1 atom stereocenters. The minimum Gasteiger partial charge on any atom is -0.495 e. The number of rotatable bonds is 5. The molecule has 0 amide bonds. The Labute approximate surface area is 106 Å². The second-order valence-electron chi connectivity index (χ2n) is 4.25. The molecule has 0 saturated carbocycles. The molecular formula is C13H17ClO3. The van der Waals surface area contributed by atoms with Crippen LogP contribution < -0.4 is 4.74 Å². The first-order chi connectivity index (χ1) is 8.01. The fourth-order valence-electron chi connectivity index (χ4n) is 1.63. The Morgan fingerprint density at radius 1 is 1.47 bits per heavy atom. The normalized spacial score (nSPS) is 12.6. The smallest absolute Gasteiger partial charge is 0.168 e. The SMILES string of the molecule is COc1ccc(C(=O)C(CO)C(C)C)cc1Cl. The highest BCUT2D eigenvalue weighted by Gasteiger charge is 2.23. The van der Waals surface area contributed by atoms with E-state index in [1.165, 1.54) is 7.11 Å². The topological polar surface area (TPSA) is 46.5 Å². The molecule has 1 aromatic rings. The highest BCUT2D eigenvalue weighted by Crippen LogP contribution is 2.27. The molecule has 0 bridgehead atoms. The van der Waals surface area contributed by atoms with Gasteiger partial charge in [0.1, 0.15) is 5.75 Å². The molecule has 0 saturated heterocycles. The van der Waals surface area contributed by atoms with E-state index in [1.807, 2.05) is 13.8 Å². The van der Waals surface area contributed by atoms with Crippen molar-refractivity contribution in [2.75, 3.05) is 13.7 Å². The van der Waals surface area contributed by atoms with Crippen LogP contribution in [0.15, 0.2) is 18.2 Å². The molecule has 1 unspecified atom stereocenters. The second kappa shape index (κ2) is 6.03. The van der Waals surface area contributed by atoms with E-state index < -0.39 is 0 Å². The van der Waals surface area contributed by atoms with Crippen LogP contribution in [0, 0.1) is 11.8 Å². The number of benzene rings is 1. The molecule has 0 heterocycles. The Kier molecular flexibility index (Phi) is 4.97. The number of aliphatic hydroxyl groups is 1. The zero-order chi connectivity index (χ0) is 13.0. The van der Waals surface area contributed by atoms with Gasteiger partial charge in [-0.1, -0.05) is 25.4 Å². The van der Waals surface area contributed by atoms with E-state index in [4.69, 9.17) is 16.3 Å². The number of ether oxygens (including phenoxy) is 1. The molecule has 0 radical (unpaired) electrons. The van der Waals surface area contributed by atoms with Crippen LogP contribution in [0.5, 0.6) is 5.75 Å². The maximum absolute atomic E-state index is 12.1. The average molecular weight is 257 g/mol. The van der Waals surface area contributed by atoms with Gasteiger partial charge in [0, 0.05) is 11.5 Å². The first-order valence-corrected chi connectivity index (χ1v) is 5.87. The summed E-state index contributed by atoms with van der Waals surface area (Å²) in [6.45, 7) is 3.66. The van der Waals surface area contributed by atoms with E-state index in [0.717, 1.165) is 0 Å². The van der Waals surface area contributed by atoms with Gasteiger partial charge in [-0.25, -0.2) is 0 Å². The van der Waals surface area contributed by atoms with E-state index in [2.05, 4.69) is 0 Å². The molecule has 3 nitrogen and oxygen atoms in total. The van der Waals surface area contributed by atoms with E-state index in [0.29, 0.717) is 16.3 Å². The predicted octanol–water partition coefficient (Wildman–Crippen LogP) is 2.80. The van der Waals surface area contributed by atoms with Crippen molar-refractivity contribution in [2.24, 2.45) is 11.8 Å². The summed E-state index contributed by atoms with van der Waals surface area (Å²) in [6, 6.07) is 4.90. The zero-order valence-electron chi connectivity index (χ0n) is 10.2. The second-order valence-corrected chi connectivity index (χ2v) is 4.65. The summed E-state index contributed by atoms with van der Waals surface area (Å²) < 4.78 is 5.02. The fraction of sp³-hybridized carbons (Fsp3) is 0.462. The third kappa shape index (κ3) is 3.20. The Morgan fingerprint density at radius 3 is 2.53 bits per heavy atom. The summed E-state index contributed by atoms with van der Waals surface area (Å²) in [5, 5.41) is 9.62. The van der Waals surface area contributed by atoms with Crippen molar-refractivity contribution in [3.63, 3.8) is 0 Å². The van der Waals surface area contributed by atoms with Crippen LogP contribution in [0.3, 0.4) is 0 Å². The summed E-state index contributed by atoms with van der Waals surface area (Å²) in [4.78, 5) is 12.1. The Balaban J connectivity index is 3.00. The monoisotopic (exact) mass is 256 g/mol. The minimum atomic E-state index is -0.389. The molecule has 0 aliphatic rings. The van der Waals surface area contributed by atoms with Gasteiger partial charge in [0.15, 0.2) is 5.78 Å². The van der Waals surface area contributed by atoms with Crippen molar-refractivity contribution in [2.45, 2.75) is 13.8 Å². The lowest BCUT2D eigenvalue weighted by molar-refractivity contribution is 0.0807. The van der Waals surface area contributed by atoms with E-state index in [-0.39, 0.29) is 24.2 Å². The third-order valence-corrected chi connectivity index (χ3v) is 3.07. The Hall–Kier alpha value is -1.06. The maximum atomic E-state index is 12.1. The van der Waals surface area contributed by atoms with Crippen molar-refractivity contribution in [1.82, 2.24) is 0 Å². The quantitative estimate of drug-likeness (QED) is 0.824. The number of Topliss-reactive ketones (excluding diaryl/α,β-unsaturated/α-hetero) is 1. The minimum absolute atomic E-state index is 0.0907. The number of ketones is 1. The number of hydrogen-bond donors (Lipinski definition) is 1. The first kappa shape index (κ1) is 14.0. The number of carbonyl (C=O) groups is 1. The number of halogens is 1. The molecular weight excluding hydrogens is 240 g/mol. The molecule has 17 heavy (non-hydrogen) atoms. The predicted molar refractivity (Wildman–Crippen MR) is 67.7 cm³/mol. The third-order valence-electron chi connectivity index (χ3n) is 2.77. The van der Waals surface area contributed by atoms with Gasteiger partial charge in [-0.3, -0.25) is 4.79 Å². The highest BCUT2D eigenvalue weighted by atomic mass is 35.5. The van der Waals surface area contributed by atoms with E-state index >= 15 is 0 Å². The van der Waals surface area contributed by atoms with E-state index in [1.54, 1.807) is 18.2 Å². The van der Waals surface area contributed by atoms with Crippen molar-refractivity contribution in [3.8, 4) is 5.75 Å². The number of methoxy groups -OCH3 is 1. The standard InChI is InChI=1S/C13H17ClO3/c1-8(2)10(7-15)13(16)9-4-5-12(17-3)11(14)6-9/h4-6,8,10,15H,7H2,1-3H3. The summed E-state index contributed by atoms with van der Waals surface area (Å²) in [7, 11) is 1.52. The van der Waals surface area contributed by atoms with E-state index in [9.17, 15) is 9.90 Å². The lowest BCUT2D eigenvalue weighted by Crippen LogP contribution is -2.24. The van der Waals surface area contributed by atoms with Crippen LogP contribution in [0.25, 0.3) is 0 Å². The van der Waals surface area contributed by atoms with Crippen LogP contribution in [0.1, 0.15) is 24.2 Å². The van der Waals surface area contributed by atoms with Gasteiger partial charge in [0.25, 0.3) is 0 Å². The molecule has 0 aliphatic carbocycles. The molecule has 0 aliphatic heterocycles. The van der Waals surface area contributed by atoms with Crippen LogP contribution in [-0.4, -0.2) is 24.6 Å². The number of hydrogen-bond acceptors (Lipinski definition) is 3. The largest absolute Gasteiger partial charge is 0.495 e. The molecule has 0 aromatic heterocycles. The molecule has 94 valence electrons. The number of aliphatic hydroxyl groups excluding tert-OH is 1. The van der Waals surface area contributed by atoms with Crippen molar-refractivity contribution in [3.05, 3.63) is 28.8 Å². The molecule has 4 heteroatoms. The Morgan fingerprint density at radius 2 is 2.12 bits per heavy atom. The lowest BCUT2D eigenvalue weighted by Gasteiger charge is -2.17. The fourth-order valence-corrected chi connectivity index (χ4v) is 1.89. The van der Waals surface area contributed by atoms with Gasteiger partial charge >= 0.3 is 0 Å². The number of carbonyl (C=O) groups excluding carboxylic acids is 1. The summed E-state index contributed by atoms with van der Waals surface area (Å²) in [5.74, 6) is 0.146. The van der Waals surface area contributed by atoms with Gasteiger partial charge in [0.2, 0.25) is 0 Å². The van der Waals surface area contributed by atoms with Crippen molar-refractivity contribution < 1.29 is 14.6 Å². The average Bonchev–Trinajstić information content (AvgIpc) is 2.29. The molecule has 1 rings (SSSR count). The van der Waals surface area contributed by atoms with Crippen LogP contribution in [-0.2, 0) is 0 Å². The molecule has 1 N–H and O–H groups in total.